The van der Waals surface area contributed by atoms with Crippen molar-refractivity contribution in [3.8, 4) is 11.5 Å². The molecule has 3 rings (SSSR count). The highest BCUT2D eigenvalue weighted by molar-refractivity contribution is 5.87. The molecule has 0 atom stereocenters. The zero-order valence-electron chi connectivity index (χ0n) is 10.4. The molecule has 1 heterocycles. The molecular formula is C15H14N2O. The van der Waals surface area contributed by atoms with E-state index in [9.17, 15) is 0 Å². The maximum absolute atomic E-state index is 5.89. The van der Waals surface area contributed by atoms with Crippen molar-refractivity contribution in [2.45, 2.75) is 13.8 Å². The van der Waals surface area contributed by atoms with Gasteiger partial charge in [0.1, 0.15) is 5.52 Å². The van der Waals surface area contributed by atoms with E-state index in [-0.39, 0.29) is 0 Å². The van der Waals surface area contributed by atoms with E-state index >= 15 is 0 Å². The summed E-state index contributed by atoms with van der Waals surface area (Å²) in [6.07, 6.45) is 0. The van der Waals surface area contributed by atoms with Gasteiger partial charge in [0.05, 0.1) is 5.69 Å². The molecule has 0 fully saturated rings. The fraction of sp³-hybridized carbons (Fsp3) is 0.133. The predicted octanol–water partition coefficient (Wildman–Crippen LogP) is 3.69. The number of benzene rings is 2. The highest BCUT2D eigenvalue weighted by Gasteiger charge is 2.11. The van der Waals surface area contributed by atoms with Crippen LogP contribution in [0, 0.1) is 13.8 Å². The predicted molar refractivity (Wildman–Crippen MR) is 73.3 cm³/mol. The third-order valence-electron chi connectivity index (χ3n) is 3.06. The summed E-state index contributed by atoms with van der Waals surface area (Å²) in [6, 6.07) is 11.8. The number of aromatic nitrogens is 1. The van der Waals surface area contributed by atoms with Gasteiger partial charge in [-0.05, 0) is 37.6 Å². The molecule has 90 valence electrons. The number of hydrogen-bond acceptors (Lipinski definition) is 3. The van der Waals surface area contributed by atoms with Gasteiger partial charge in [0, 0.05) is 5.56 Å². The first-order chi connectivity index (χ1) is 8.65. The van der Waals surface area contributed by atoms with Gasteiger partial charge < -0.3 is 10.2 Å². The van der Waals surface area contributed by atoms with Crippen LogP contribution in [-0.2, 0) is 0 Å². The molecule has 0 bridgehead atoms. The van der Waals surface area contributed by atoms with Crippen LogP contribution < -0.4 is 5.73 Å². The van der Waals surface area contributed by atoms with E-state index < -0.39 is 0 Å². The summed E-state index contributed by atoms with van der Waals surface area (Å²) < 4.78 is 5.76. The minimum absolute atomic E-state index is 0.625. The molecule has 18 heavy (non-hydrogen) atoms. The van der Waals surface area contributed by atoms with Crippen LogP contribution in [0.3, 0.4) is 0 Å². The van der Waals surface area contributed by atoms with Gasteiger partial charge in [-0.1, -0.05) is 23.8 Å². The SMILES string of the molecule is Cc1ccc(-c2nc3c(N)cccc3o2)c(C)c1. The van der Waals surface area contributed by atoms with Gasteiger partial charge >= 0.3 is 0 Å². The van der Waals surface area contributed by atoms with Gasteiger partial charge in [-0.25, -0.2) is 4.98 Å². The van der Waals surface area contributed by atoms with E-state index in [2.05, 4.69) is 31.0 Å². The Bertz CT molecular complexity index is 728. The van der Waals surface area contributed by atoms with Gasteiger partial charge in [0.2, 0.25) is 5.89 Å². The van der Waals surface area contributed by atoms with Crippen LogP contribution in [0.15, 0.2) is 40.8 Å². The summed E-state index contributed by atoms with van der Waals surface area (Å²) in [7, 11) is 0. The zero-order chi connectivity index (χ0) is 12.7. The third-order valence-corrected chi connectivity index (χ3v) is 3.06. The Balaban J connectivity index is 2.23. The number of nitrogen functional groups attached to an aromatic ring is 1. The maximum Gasteiger partial charge on any atom is 0.227 e. The number of hydrogen-bond donors (Lipinski definition) is 1. The smallest absolute Gasteiger partial charge is 0.227 e. The number of aryl methyl sites for hydroxylation is 2. The highest BCUT2D eigenvalue weighted by Crippen LogP contribution is 2.29. The van der Waals surface area contributed by atoms with Gasteiger partial charge in [-0.15, -0.1) is 0 Å². The molecule has 0 unspecified atom stereocenters. The van der Waals surface area contributed by atoms with Crippen molar-refractivity contribution in [3.63, 3.8) is 0 Å². The van der Waals surface area contributed by atoms with Gasteiger partial charge in [-0.3, -0.25) is 0 Å². The van der Waals surface area contributed by atoms with E-state index in [1.54, 1.807) is 0 Å². The number of oxazole rings is 1. The summed E-state index contributed by atoms with van der Waals surface area (Å²) in [5, 5.41) is 0. The summed E-state index contributed by atoms with van der Waals surface area (Å²) in [5.74, 6) is 0.625. The number of rotatable bonds is 1. The van der Waals surface area contributed by atoms with Crippen LogP contribution in [0.4, 0.5) is 5.69 Å². The van der Waals surface area contributed by atoms with E-state index in [4.69, 9.17) is 10.2 Å². The minimum atomic E-state index is 0.625. The average molecular weight is 238 g/mol. The Morgan fingerprint density at radius 1 is 1.11 bits per heavy atom. The Morgan fingerprint density at radius 3 is 2.67 bits per heavy atom. The standard InChI is InChI=1S/C15H14N2O/c1-9-6-7-11(10(2)8-9)15-17-14-12(16)4-3-5-13(14)18-15/h3-8H,16H2,1-2H3. The van der Waals surface area contributed by atoms with E-state index in [0.29, 0.717) is 11.6 Å². The first-order valence-corrected chi connectivity index (χ1v) is 5.88. The quantitative estimate of drug-likeness (QED) is 0.658. The topological polar surface area (TPSA) is 52.0 Å². The van der Waals surface area contributed by atoms with Gasteiger partial charge in [0.25, 0.3) is 0 Å². The number of anilines is 1. The number of para-hydroxylation sites is 1. The van der Waals surface area contributed by atoms with E-state index in [0.717, 1.165) is 22.2 Å². The molecule has 0 aliphatic heterocycles. The minimum Gasteiger partial charge on any atom is -0.436 e. The fourth-order valence-corrected chi connectivity index (χ4v) is 2.14. The second kappa shape index (κ2) is 3.88. The Morgan fingerprint density at radius 2 is 1.94 bits per heavy atom. The summed E-state index contributed by atoms with van der Waals surface area (Å²) >= 11 is 0. The highest BCUT2D eigenvalue weighted by atomic mass is 16.3. The second-order valence-corrected chi connectivity index (χ2v) is 4.53. The van der Waals surface area contributed by atoms with Crippen LogP contribution >= 0.6 is 0 Å². The second-order valence-electron chi connectivity index (χ2n) is 4.53. The van der Waals surface area contributed by atoms with Crippen molar-refractivity contribution in [2.24, 2.45) is 0 Å². The molecule has 0 saturated heterocycles. The van der Waals surface area contributed by atoms with Crippen molar-refractivity contribution in [3.05, 3.63) is 47.5 Å². The molecule has 3 nitrogen and oxygen atoms in total. The normalized spacial score (nSPS) is 11.0. The largest absolute Gasteiger partial charge is 0.436 e. The lowest BCUT2D eigenvalue weighted by Crippen LogP contribution is -1.86. The molecule has 2 aromatic carbocycles. The van der Waals surface area contributed by atoms with Crippen LogP contribution in [-0.4, -0.2) is 4.98 Å². The summed E-state index contributed by atoms with van der Waals surface area (Å²) in [4.78, 5) is 4.48. The Labute approximate surface area is 105 Å². The van der Waals surface area contributed by atoms with Crippen molar-refractivity contribution in [1.29, 1.82) is 0 Å². The first kappa shape index (κ1) is 10.8. The molecule has 0 radical (unpaired) electrons. The van der Waals surface area contributed by atoms with Crippen LogP contribution in [0.5, 0.6) is 0 Å². The van der Waals surface area contributed by atoms with Crippen molar-refractivity contribution >= 4 is 16.8 Å². The lowest BCUT2D eigenvalue weighted by Gasteiger charge is -2.01. The van der Waals surface area contributed by atoms with Crippen molar-refractivity contribution in [2.75, 3.05) is 5.73 Å². The molecule has 1 aromatic heterocycles. The molecule has 3 aromatic rings. The molecule has 0 aliphatic carbocycles. The monoisotopic (exact) mass is 238 g/mol. The summed E-state index contributed by atoms with van der Waals surface area (Å²) in [6.45, 7) is 4.13. The molecule has 0 spiro atoms. The molecule has 3 heteroatoms. The third kappa shape index (κ3) is 1.64. The Hall–Kier alpha value is -2.29. The maximum atomic E-state index is 5.89. The van der Waals surface area contributed by atoms with Crippen LogP contribution in [0.1, 0.15) is 11.1 Å². The number of fused-ring (bicyclic) bond motifs is 1. The first-order valence-electron chi connectivity index (χ1n) is 5.88. The molecule has 0 saturated carbocycles. The zero-order valence-corrected chi connectivity index (χ0v) is 10.4. The molecule has 2 N–H and O–H groups in total. The lowest BCUT2D eigenvalue weighted by molar-refractivity contribution is 0.619. The number of nitrogens with zero attached hydrogens (tertiary/aromatic N) is 1. The fourth-order valence-electron chi connectivity index (χ4n) is 2.14. The van der Waals surface area contributed by atoms with Gasteiger partial charge in [-0.2, -0.15) is 0 Å². The van der Waals surface area contributed by atoms with Crippen molar-refractivity contribution in [1.82, 2.24) is 4.98 Å². The average Bonchev–Trinajstić information content (AvgIpc) is 2.74. The van der Waals surface area contributed by atoms with Crippen LogP contribution in [0.2, 0.25) is 0 Å². The Kier molecular flexibility index (Phi) is 2.33. The van der Waals surface area contributed by atoms with Crippen LogP contribution in [0.25, 0.3) is 22.6 Å². The molecule has 0 amide bonds. The van der Waals surface area contributed by atoms with E-state index in [1.807, 2.05) is 24.3 Å². The number of nitrogens with two attached hydrogens (primary N) is 1. The van der Waals surface area contributed by atoms with Gasteiger partial charge in [0.15, 0.2) is 5.58 Å². The molecular weight excluding hydrogens is 224 g/mol. The van der Waals surface area contributed by atoms with Crippen molar-refractivity contribution < 1.29 is 4.42 Å². The molecule has 0 aliphatic rings. The summed E-state index contributed by atoms with van der Waals surface area (Å²) in [5.41, 5.74) is 11.4. The van der Waals surface area contributed by atoms with E-state index in [1.165, 1.54) is 5.56 Å². The lowest BCUT2D eigenvalue weighted by atomic mass is 10.1.